The van der Waals surface area contributed by atoms with E-state index in [0.29, 0.717) is 28.8 Å². The minimum absolute atomic E-state index is 0.0538. The lowest BCUT2D eigenvalue weighted by molar-refractivity contribution is -0.0497. The van der Waals surface area contributed by atoms with Gasteiger partial charge in [0.1, 0.15) is 18.4 Å². The fourth-order valence-electron chi connectivity index (χ4n) is 3.97. The van der Waals surface area contributed by atoms with Gasteiger partial charge in [-0.2, -0.15) is 14.0 Å². The Morgan fingerprint density at radius 1 is 1.21 bits per heavy atom. The molecule has 1 heterocycles. The molecular weight excluding hydrogens is 432 g/mol. The molecule has 1 aromatic heterocycles. The number of ether oxygens (including phenoxy) is 3. The van der Waals surface area contributed by atoms with Crippen LogP contribution in [0.2, 0.25) is 0 Å². The molecule has 172 valence electrons. The average Bonchev–Trinajstić information content (AvgIpc) is 3.06. The molecule has 0 aliphatic heterocycles. The Morgan fingerprint density at radius 2 is 1.97 bits per heavy atom. The lowest BCUT2D eigenvalue weighted by atomic mass is 9.92. The zero-order valence-electron chi connectivity index (χ0n) is 18.0. The highest BCUT2D eigenvalue weighted by atomic mass is 19.3. The molecule has 4 rings (SSSR count). The lowest BCUT2D eigenvalue weighted by Crippen LogP contribution is -2.18. The molecule has 0 spiro atoms. The summed E-state index contributed by atoms with van der Waals surface area (Å²) in [6, 6.07) is 14.2. The van der Waals surface area contributed by atoms with E-state index in [2.05, 4.69) is 20.7 Å². The van der Waals surface area contributed by atoms with Gasteiger partial charge in [0.2, 0.25) is 0 Å². The van der Waals surface area contributed by atoms with Crippen LogP contribution >= 0.6 is 0 Å². The van der Waals surface area contributed by atoms with Crippen LogP contribution < -0.4 is 10.1 Å². The predicted molar refractivity (Wildman–Crippen MR) is 118 cm³/mol. The second kappa shape index (κ2) is 9.88. The molecule has 9 heteroatoms. The molecule has 0 bridgehead atoms. The monoisotopic (exact) mass is 455 g/mol. The topological polar surface area (TPSA) is 85.5 Å². The summed E-state index contributed by atoms with van der Waals surface area (Å²) in [6.07, 6.45) is 2.35. The second-order valence-electron chi connectivity index (χ2n) is 7.68. The number of alkyl halides is 2. The first-order chi connectivity index (χ1) is 16.0. The van der Waals surface area contributed by atoms with E-state index in [9.17, 15) is 18.8 Å². The predicted octanol–water partition coefficient (Wildman–Crippen LogP) is 5.70. The Kier molecular flexibility index (Phi) is 6.75. The van der Waals surface area contributed by atoms with Gasteiger partial charge < -0.3 is 18.8 Å². The molecule has 0 atom stereocenters. The van der Waals surface area contributed by atoms with Crippen LogP contribution in [0.15, 0.2) is 42.5 Å². The van der Waals surface area contributed by atoms with Gasteiger partial charge in [0.15, 0.2) is 0 Å². The first kappa shape index (κ1) is 22.6. The number of carbonyl (C=O) groups excluding carboxylic acids is 1. The van der Waals surface area contributed by atoms with E-state index in [1.54, 1.807) is 24.3 Å². The number of amides is 1. The minimum Gasteiger partial charge on any atom is -0.447 e. The molecule has 1 aliphatic rings. The third-order valence-corrected chi connectivity index (χ3v) is 5.68. The van der Waals surface area contributed by atoms with E-state index in [-0.39, 0.29) is 18.4 Å². The molecule has 3 aromatic rings. The van der Waals surface area contributed by atoms with Gasteiger partial charge in [0.05, 0.1) is 23.4 Å². The highest BCUT2D eigenvalue weighted by molar-refractivity contribution is 5.96. The second-order valence-corrected chi connectivity index (χ2v) is 7.68. The van der Waals surface area contributed by atoms with Crippen molar-refractivity contribution in [2.24, 2.45) is 0 Å². The molecule has 1 aliphatic carbocycles. The number of nitrogens with zero attached hydrogens (tertiary/aromatic N) is 2. The maximum Gasteiger partial charge on any atom is 0.411 e. The Bertz CT molecular complexity index is 1180. The molecule has 0 unspecified atom stereocenters. The Morgan fingerprint density at radius 3 is 2.58 bits per heavy atom. The molecular formula is C24H23F2N3O4. The van der Waals surface area contributed by atoms with Crippen LogP contribution in [0.3, 0.4) is 0 Å². The smallest absolute Gasteiger partial charge is 0.411 e. The van der Waals surface area contributed by atoms with Crippen molar-refractivity contribution in [2.45, 2.75) is 31.9 Å². The van der Waals surface area contributed by atoms with E-state index in [4.69, 9.17) is 9.47 Å². The molecule has 1 fully saturated rings. The van der Waals surface area contributed by atoms with Gasteiger partial charge in [0.25, 0.3) is 0 Å². The largest absolute Gasteiger partial charge is 0.447 e. The van der Waals surface area contributed by atoms with Crippen molar-refractivity contribution < 1.29 is 27.8 Å². The quantitative estimate of drug-likeness (QED) is 0.440. The van der Waals surface area contributed by atoms with Crippen LogP contribution in [0, 0.1) is 11.3 Å². The summed E-state index contributed by atoms with van der Waals surface area (Å²) >= 11 is 0. The van der Waals surface area contributed by atoms with E-state index in [1.165, 1.54) is 13.2 Å². The van der Waals surface area contributed by atoms with Crippen molar-refractivity contribution in [3.63, 3.8) is 0 Å². The Labute approximate surface area is 189 Å². The highest BCUT2D eigenvalue weighted by Crippen LogP contribution is 2.43. The number of rotatable bonds is 8. The van der Waals surface area contributed by atoms with Gasteiger partial charge in [0, 0.05) is 30.3 Å². The van der Waals surface area contributed by atoms with Gasteiger partial charge in [-0.3, -0.25) is 5.32 Å². The fraction of sp³-hybridized carbons (Fsp3) is 0.333. The zero-order chi connectivity index (χ0) is 23.4. The third kappa shape index (κ3) is 4.76. The Hall–Kier alpha value is -3.64. The van der Waals surface area contributed by atoms with Crippen LogP contribution in [0.25, 0.3) is 22.2 Å². The highest BCUT2D eigenvalue weighted by Gasteiger charge is 2.28. The molecule has 2 aromatic carbocycles. The van der Waals surface area contributed by atoms with E-state index < -0.39 is 12.7 Å². The first-order valence-corrected chi connectivity index (χ1v) is 10.6. The molecule has 1 N–H and O–H groups in total. The third-order valence-electron chi connectivity index (χ3n) is 5.68. The lowest BCUT2D eigenvalue weighted by Gasteiger charge is -2.30. The van der Waals surface area contributed by atoms with Gasteiger partial charge in [-0.25, -0.2) is 4.79 Å². The summed E-state index contributed by atoms with van der Waals surface area (Å²) in [7, 11) is 1.52. The van der Waals surface area contributed by atoms with Gasteiger partial charge in [-0.1, -0.05) is 12.1 Å². The maximum absolute atomic E-state index is 12.8. The molecule has 0 radical (unpaired) electrons. The van der Waals surface area contributed by atoms with Crippen LogP contribution in [0.5, 0.6) is 5.75 Å². The van der Waals surface area contributed by atoms with Crippen molar-refractivity contribution in [2.75, 3.05) is 25.6 Å². The number of fused-ring (bicyclic) bond motifs is 1. The summed E-state index contributed by atoms with van der Waals surface area (Å²) < 4.78 is 42.0. The van der Waals surface area contributed by atoms with E-state index in [1.807, 2.05) is 12.1 Å². The van der Waals surface area contributed by atoms with Crippen molar-refractivity contribution >= 4 is 22.7 Å². The number of hydrogen-bond acceptors (Lipinski definition) is 5. The average molecular weight is 455 g/mol. The van der Waals surface area contributed by atoms with Crippen LogP contribution in [0.4, 0.5) is 19.3 Å². The standard InChI is InChI=1S/C24H23F2N3O4/c1-31-11-12-32-24(30)28-16-7-5-15(6-8-16)22-20(14-27)19-10-9-18(33-23(25)26)13-21(19)29(22)17-3-2-4-17/h5-10,13,17,23H,2-4,11-12H2,1H3,(H,28,30). The Balaban J connectivity index is 1.70. The summed E-state index contributed by atoms with van der Waals surface area (Å²) in [5, 5.41) is 13.3. The van der Waals surface area contributed by atoms with Crippen LogP contribution in [-0.2, 0) is 9.47 Å². The molecule has 1 saturated carbocycles. The SMILES string of the molecule is COCCOC(=O)Nc1ccc(-c2c(C#N)c3ccc(OC(F)F)cc3n2C2CCC2)cc1. The molecule has 33 heavy (non-hydrogen) atoms. The minimum atomic E-state index is -2.93. The summed E-state index contributed by atoms with van der Waals surface area (Å²) in [5.74, 6) is 0.0538. The van der Waals surface area contributed by atoms with E-state index >= 15 is 0 Å². The maximum atomic E-state index is 12.8. The van der Waals surface area contributed by atoms with Crippen LogP contribution in [-0.4, -0.2) is 37.6 Å². The summed E-state index contributed by atoms with van der Waals surface area (Å²) in [6.45, 7) is -2.48. The molecule has 0 saturated heterocycles. The van der Waals surface area contributed by atoms with Crippen molar-refractivity contribution in [1.82, 2.24) is 4.57 Å². The number of benzene rings is 2. The molecule has 1 amide bonds. The first-order valence-electron chi connectivity index (χ1n) is 10.6. The molecule has 7 nitrogen and oxygen atoms in total. The van der Waals surface area contributed by atoms with Gasteiger partial charge in [-0.15, -0.1) is 0 Å². The number of nitriles is 1. The van der Waals surface area contributed by atoms with Crippen LogP contribution in [0.1, 0.15) is 30.9 Å². The number of anilines is 1. The number of halogens is 2. The van der Waals surface area contributed by atoms with E-state index in [0.717, 1.165) is 30.5 Å². The van der Waals surface area contributed by atoms with Crippen molar-refractivity contribution in [3.8, 4) is 23.1 Å². The normalized spacial score (nSPS) is 13.5. The fourth-order valence-corrected chi connectivity index (χ4v) is 3.97. The summed E-state index contributed by atoms with van der Waals surface area (Å²) in [4.78, 5) is 11.9. The summed E-state index contributed by atoms with van der Waals surface area (Å²) in [5.41, 5.74) is 3.21. The number of hydrogen-bond donors (Lipinski definition) is 1. The van der Waals surface area contributed by atoms with Gasteiger partial charge in [-0.05, 0) is 49.1 Å². The zero-order valence-corrected chi connectivity index (χ0v) is 18.0. The van der Waals surface area contributed by atoms with Crippen molar-refractivity contribution in [1.29, 1.82) is 5.26 Å². The number of carbonyl (C=O) groups is 1. The van der Waals surface area contributed by atoms with Gasteiger partial charge >= 0.3 is 12.7 Å². The number of methoxy groups -OCH3 is 1. The van der Waals surface area contributed by atoms with Crippen molar-refractivity contribution in [3.05, 3.63) is 48.0 Å². The number of nitrogens with one attached hydrogen (secondary N) is 1. The number of aromatic nitrogens is 1.